The summed E-state index contributed by atoms with van der Waals surface area (Å²) in [5.41, 5.74) is 0. The molecule has 0 heterocycles. The summed E-state index contributed by atoms with van der Waals surface area (Å²) >= 11 is 0. The first-order chi connectivity index (χ1) is 0. The summed E-state index contributed by atoms with van der Waals surface area (Å²) in [6.45, 7) is 0. The molecule has 66 valence electrons. The minimum atomic E-state index is 0. The largest absolute Gasteiger partial charge is 3.00 e. The number of hydrogen-bond donors (Lipinski definition) is 0. The van der Waals surface area contributed by atoms with Gasteiger partial charge < -0.3 is 18.5 Å². The molecular weight excluding hydrogens is 432 g/mol. The van der Waals surface area contributed by atoms with Gasteiger partial charge in [0.25, 0.3) is 0 Å². The van der Waals surface area contributed by atoms with Gasteiger partial charge in [0, 0.05) is 0 Å². The molecule has 0 aliphatic heterocycles. The Kier molecular flexibility index (Phi) is 342. The Labute approximate surface area is 135 Å². The number of rotatable bonds is 0. The van der Waals surface area contributed by atoms with Crippen LogP contribution in [0.1, 0.15) is 18.5 Å². The molecule has 0 spiro atoms. The van der Waals surface area contributed by atoms with Crippen molar-refractivity contribution in [3.05, 3.63) is 0 Å². The number of hydrogen-bond acceptors (Lipinski definition) is 0. The Morgan fingerprint density at radius 2 is 0.500 bits per heavy atom. The average molecular weight is 445 g/mol. The van der Waals surface area contributed by atoms with Crippen LogP contribution in [0.3, 0.4) is 0 Å². The van der Waals surface area contributed by atoms with Gasteiger partial charge in [0.05, 0.1) is 0 Å². The molecule has 0 aromatic carbocycles. The van der Waals surface area contributed by atoms with Crippen LogP contribution >= 0.6 is 0 Å². The van der Waals surface area contributed by atoms with Gasteiger partial charge in [-0.15, -0.1) is 0 Å². The van der Waals surface area contributed by atoms with Crippen LogP contribution in [0.2, 0.25) is 0 Å². The van der Waals surface area contributed by atoms with Crippen LogP contribution in [-0.2, 0) is 82.5 Å². The Balaban J connectivity index is 0. The third kappa shape index (κ3) is 25.4. The average Bonchev–Trinajstić information content (AvgIpc) is 0. The van der Waals surface area contributed by atoms with Gasteiger partial charge in [-0.1, -0.05) is 0 Å². The molecule has 0 fully saturated rings. The van der Waals surface area contributed by atoms with E-state index in [1.807, 2.05) is 0 Å². The van der Waals surface area contributed by atoms with E-state index in [-0.39, 0.29) is 137 Å². The predicted octanol–water partition coefficient (Wildman–Crippen LogP) is 1.45. The van der Waals surface area contributed by atoms with Crippen LogP contribution in [0.5, 0.6) is 0 Å². The van der Waals surface area contributed by atoms with Gasteiger partial charge in [-0.2, -0.15) is 0 Å². The van der Waals surface area contributed by atoms with E-state index in [4.69, 9.17) is 0 Å². The third-order valence-electron chi connectivity index (χ3n) is 0. The first-order valence-corrected chi connectivity index (χ1v) is 0. The molecule has 0 amide bonds. The minimum absolute atomic E-state index is 0. The Morgan fingerprint density at radius 1 is 0.500 bits per heavy atom. The fraction of sp³-hybridized carbons (Fsp3) is 0. The fourth-order valence-corrected chi connectivity index (χ4v) is 0. The second-order valence-corrected chi connectivity index (χ2v) is 0. The van der Waals surface area contributed by atoms with Gasteiger partial charge in [0.1, 0.15) is 0 Å². The van der Waals surface area contributed by atoms with E-state index in [9.17, 15) is 0 Å². The van der Waals surface area contributed by atoms with Crippen LogP contribution in [0.4, 0.5) is 0 Å². The van der Waals surface area contributed by atoms with Crippen molar-refractivity contribution in [3.8, 4) is 0 Å². The fourth-order valence-electron chi connectivity index (χ4n) is 0. The monoisotopic (exact) mass is 442 g/mol. The molecule has 0 unspecified atom stereocenters. The smallest absolute Gasteiger partial charge is 1.00 e. The first-order valence-electron chi connectivity index (χ1n) is 0. The van der Waals surface area contributed by atoms with Crippen LogP contribution < -0.4 is 0 Å². The van der Waals surface area contributed by atoms with E-state index >= 15 is 0 Å². The molecule has 0 atom stereocenters. The van der Waals surface area contributed by atoms with Gasteiger partial charge in [-0.3, -0.25) is 0 Å². The summed E-state index contributed by atoms with van der Waals surface area (Å²) in [4.78, 5) is 0. The molecule has 6 heteroatoms. The van der Waals surface area contributed by atoms with Crippen molar-refractivity contribution in [3.63, 3.8) is 0 Å². The van der Waals surface area contributed by atoms with Crippen molar-refractivity contribution in [2.24, 2.45) is 0 Å². The molecular formula is H13LaNi5. The zero-order valence-electron chi connectivity index (χ0n) is 15.2. The third-order valence-corrected chi connectivity index (χ3v) is 0. The second-order valence-electron chi connectivity index (χ2n) is 0. The molecule has 0 aromatic heterocycles. The van der Waals surface area contributed by atoms with Crippen molar-refractivity contribution < 1.29 is 137 Å². The van der Waals surface area contributed by atoms with E-state index in [2.05, 4.69) is 0 Å². The molecule has 0 aliphatic carbocycles. The maximum absolute atomic E-state index is 0. The second kappa shape index (κ2) is 37.9. The van der Waals surface area contributed by atoms with Gasteiger partial charge in [-0.05, 0) is 0 Å². The van der Waals surface area contributed by atoms with E-state index in [0.717, 1.165) is 0 Å². The summed E-state index contributed by atoms with van der Waals surface area (Å²) in [6, 6.07) is 0. The van der Waals surface area contributed by atoms with Crippen molar-refractivity contribution >= 4 is 0 Å². The van der Waals surface area contributed by atoms with E-state index in [1.165, 1.54) is 0 Å². The zero-order chi connectivity index (χ0) is 0. The standard InChI is InChI=1S/La.5Ni.13H/q+3;5*+2;13*-1. The topological polar surface area (TPSA) is 0 Å². The van der Waals surface area contributed by atoms with Crippen LogP contribution in [-0.4, -0.2) is 0 Å². The van der Waals surface area contributed by atoms with Gasteiger partial charge >= 0.3 is 118 Å². The summed E-state index contributed by atoms with van der Waals surface area (Å²) in [6.07, 6.45) is 0. The zero-order valence-corrected chi connectivity index (χ0v) is 10.7. The van der Waals surface area contributed by atoms with Gasteiger partial charge in [-0.25, -0.2) is 0 Å². The maximum atomic E-state index is 0. The molecule has 0 rings (SSSR count). The van der Waals surface area contributed by atoms with Crippen LogP contribution in [0.15, 0.2) is 0 Å². The Hall–Kier alpha value is 3.66. The summed E-state index contributed by atoms with van der Waals surface area (Å²) in [5.74, 6) is 0. The quantitative estimate of drug-likeness (QED) is 0.496. The molecule has 6 heavy (non-hydrogen) atoms. The molecule has 0 saturated heterocycles. The molecule has 0 saturated carbocycles. The van der Waals surface area contributed by atoms with Crippen LogP contribution in [0, 0.1) is 35.6 Å². The van der Waals surface area contributed by atoms with Crippen molar-refractivity contribution in [2.45, 2.75) is 0 Å². The Bertz CT molecular complexity index is 21.0. The van der Waals surface area contributed by atoms with Crippen molar-refractivity contribution in [1.29, 1.82) is 0 Å². The first kappa shape index (κ1) is 54.1. The van der Waals surface area contributed by atoms with E-state index in [1.54, 1.807) is 0 Å². The van der Waals surface area contributed by atoms with Crippen LogP contribution in [0.25, 0.3) is 0 Å². The molecule has 0 nitrogen and oxygen atoms in total. The van der Waals surface area contributed by atoms with E-state index < -0.39 is 0 Å². The molecule has 0 N–H and O–H groups in total. The molecule has 0 bridgehead atoms. The maximum Gasteiger partial charge on any atom is 3.00 e. The predicted molar refractivity (Wildman–Crippen MR) is 14.5 cm³/mol. The SMILES string of the molecule is [H-].[H-].[H-].[H-].[H-].[H-].[H-].[H-].[H-].[H-].[H-].[H-].[H-].[La+3].[Ni+2].[Ni+2].[Ni+2].[Ni+2].[Ni+2]. The van der Waals surface area contributed by atoms with Crippen molar-refractivity contribution in [2.75, 3.05) is 0 Å². The molecule has 0 aliphatic rings. The summed E-state index contributed by atoms with van der Waals surface area (Å²) in [5, 5.41) is 0. The Morgan fingerprint density at radius 3 is 0.500 bits per heavy atom. The minimum Gasteiger partial charge on any atom is -1.00 e. The van der Waals surface area contributed by atoms with Gasteiger partial charge in [0.2, 0.25) is 0 Å². The van der Waals surface area contributed by atoms with Crippen molar-refractivity contribution in [1.82, 2.24) is 0 Å². The normalized spacial score (nSPS) is 0. The van der Waals surface area contributed by atoms with Gasteiger partial charge in [0.15, 0.2) is 0 Å². The summed E-state index contributed by atoms with van der Waals surface area (Å²) < 4.78 is 0. The molecule has 0 aromatic rings. The summed E-state index contributed by atoms with van der Waals surface area (Å²) in [7, 11) is 0. The molecule has 0 radical (unpaired) electrons. The van der Waals surface area contributed by atoms with E-state index in [0.29, 0.717) is 0 Å².